The van der Waals surface area contributed by atoms with E-state index < -0.39 is 16.7 Å². The maximum atomic E-state index is 12.6. The molecule has 10 nitrogen and oxygen atoms in total. The van der Waals surface area contributed by atoms with Crippen LogP contribution in [0.25, 0.3) is 0 Å². The number of piperazine rings is 1. The van der Waals surface area contributed by atoms with E-state index in [2.05, 4.69) is 15.5 Å². The fourth-order valence-electron chi connectivity index (χ4n) is 3.53. The summed E-state index contributed by atoms with van der Waals surface area (Å²) in [6.45, 7) is 5.05. The highest BCUT2D eigenvalue weighted by Crippen LogP contribution is 2.16. The molecule has 0 spiro atoms. The zero-order valence-corrected chi connectivity index (χ0v) is 18.5. The molecular formula is C23H27N5O5. The molecule has 0 atom stereocenters. The largest absolute Gasteiger partial charge is 0.347 e. The Morgan fingerprint density at radius 3 is 2.33 bits per heavy atom. The summed E-state index contributed by atoms with van der Waals surface area (Å²) in [6, 6.07) is 13.0. The highest BCUT2D eigenvalue weighted by Gasteiger charge is 2.23. The predicted octanol–water partition coefficient (Wildman–Crippen LogP) is 1.67. The molecule has 0 aromatic heterocycles. The highest BCUT2D eigenvalue weighted by molar-refractivity contribution is 6.39. The zero-order chi connectivity index (χ0) is 23.8. The molecule has 1 heterocycles. The van der Waals surface area contributed by atoms with Crippen LogP contribution in [0.1, 0.15) is 22.8 Å². The predicted molar refractivity (Wildman–Crippen MR) is 123 cm³/mol. The van der Waals surface area contributed by atoms with E-state index in [4.69, 9.17) is 0 Å². The second-order valence-corrected chi connectivity index (χ2v) is 7.70. The van der Waals surface area contributed by atoms with Crippen molar-refractivity contribution in [2.24, 2.45) is 0 Å². The number of hydrogen-bond donors (Lipinski definition) is 2. The number of nitro groups is 1. The number of nitro benzene ring substituents is 1. The number of benzene rings is 2. The molecule has 2 aromatic carbocycles. The van der Waals surface area contributed by atoms with Gasteiger partial charge in [-0.05, 0) is 30.2 Å². The van der Waals surface area contributed by atoms with Gasteiger partial charge in [-0.1, -0.05) is 25.1 Å². The number of nitrogens with one attached hydrogen (secondary N) is 2. The van der Waals surface area contributed by atoms with Gasteiger partial charge in [0.1, 0.15) is 0 Å². The molecule has 10 heteroatoms. The van der Waals surface area contributed by atoms with Crippen molar-refractivity contribution in [3.05, 3.63) is 69.8 Å². The Morgan fingerprint density at radius 1 is 1.00 bits per heavy atom. The van der Waals surface area contributed by atoms with E-state index in [9.17, 15) is 24.5 Å². The van der Waals surface area contributed by atoms with Crippen molar-refractivity contribution in [3.8, 4) is 0 Å². The Balaban J connectivity index is 1.39. The Labute approximate surface area is 191 Å². The van der Waals surface area contributed by atoms with Gasteiger partial charge in [0.25, 0.3) is 11.6 Å². The van der Waals surface area contributed by atoms with Gasteiger partial charge in [-0.3, -0.25) is 29.4 Å². The molecule has 0 radical (unpaired) electrons. The number of carbonyl (C=O) groups excluding carboxylic acids is 3. The topological polar surface area (TPSA) is 125 Å². The highest BCUT2D eigenvalue weighted by atomic mass is 16.6. The average Bonchev–Trinajstić information content (AvgIpc) is 2.84. The van der Waals surface area contributed by atoms with Crippen molar-refractivity contribution in [1.82, 2.24) is 15.1 Å². The number of aryl methyl sites for hydroxylation is 1. The lowest BCUT2D eigenvalue weighted by Gasteiger charge is -2.34. The van der Waals surface area contributed by atoms with Crippen LogP contribution in [0.5, 0.6) is 0 Å². The smallest absolute Gasteiger partial charge is 0.313 e. The van der Waals surface area contributed by atoms with E-state index in [-0.39, 0.29) is 11.6 Å². The van der Waals surface area contributed by atoms with E-state index >= 15 is 0 Å². The minimum atomic E-state index is -0.716. The molecule has 2 N–H and O–H groups in total. The monoisotopic (exact) mass is 453 g/mol. The minimum Gasteiger partial charge on any atom is -0.347 e. The van der Waals surface area contributed by atoms with Crippen molar-refractivity contribution in [2.45, 2.75) is 13.3 Å². The standard InChI is InChI=1S/C23H27N5O5/c1-2-17-6-8-19(9-7-17)25-22(30)21(29)24-10-11-26-12-14-27(15-13-26)23(31)18-4-3-5-20(16-18)28(32)33/h3-9,16H,2,10-15H2,1H3,(H,24,29)(H,25,30). The Bertz CT molecular complexity index is 1020. The summed E-state index contributed by atoms with van der Waals surface area (Å²) < 4.78 is 0. The van der Waals surface area contributed by atoms with E-state index in [1.807, 2.05) is 19.1 Å². The number of carbonyl (C=O) groups is 3. The van der Waals surface area contributed by atoms with Crippen molar-refractivity contribution in [1.29, 1.82) is 0 Å². The van der Waals surface area contributed by atoms with Crippen LogP contribution in [-0.4, -0.2) is 71.7 Å². The van der Waals surface area contributed by atoms with Gasteiger partial charge in [-0.25, -0.2) is 0 Å². The first-order valence-corrected chi connectivity index (χ1v) is 10.8. The summed E-state index contributed by atoms with van der Waals surface area (Å²) in [7, 11) is 0. The van der Waals surface area contributed by atoms with Crippen LogP contribution in [0.4, 0.5) is 11.4 Å². The summed E-state index contributed by atoms with van der Waals surface area (Å²) in [6.07, 6.45) is 0.895. The van der Waals surface area contributed by atoms with Crippen LogP contribution < -0.4 is 10.6 Å². The van der Waals surface area contributed by atoms with Crippen molar-refractivity contribution >= 4 is 29.1 Å². The fraction of sp³-hybridized carbons (Fsp3) is 0.348. The second kappa shape index (κ2) is 11.2. The maximum Gasteiger partial charge on any atom is 0.313 e. The quantitative estimate of drug-likeness (QED) is 0.373. The molecule has 174 valence electrons. The number of nitrogens with zero attached hydrogens (tertiary/aromatic N) is 3. The van der Waals surface area contributed by atoms with E-state index in [0.717, 1.165) is 12.0 Å². The first-order valence-electron chi connectivity index (χ1n) is 10.8. The molecule has 3 rings (SSSR count). The molecular weight excluding hydrogens is 426 g/mol. The molecule has 0 unspecified atom stereocenters. The first kappa shape index (κ1) is 23.9. The first-order chi connectivity index (χ1) is 15.9. The molecule has 0 aliphatic carbocycles. The molecule has 2 aromatic rings. The lowest BCUT2D eigenvalue weighted by molar-refractivity contribution is -0.384. The van der Waals surface area contributed by atoms with Gasteiger partial charge >= 0.3 is 11.8 Å². The van der Waals surface area contributed by atoms with Crippen LogP contribution in [0.3, 0.4) is 0 Å². The van der Waals surface area contributed by atoms with Crippen molar-refractivity contribution in [3.63, 3.8) is 0 Å². The number of hydrogen-bond acceptors (Lipinski definition) is 6. The van der Waals surface area contributed by atoms with Crippen LogP contribution in [0, 0.1) is 10.1 Å². The van der Waals surface area contributed by atoms with E-state index in [0.29, 0.717) is 50.5 Å². The maximum absolute atomic E-state index is 12.6. The third kappa shape index (κ3) is 6.59. The van der Waals surface area contributed by atoms with Gasteiger partial charge in [0.15, 0.2) is 0 Å². The van der Waals surface area contributed by atoms with Gasteiger partial charge < -0.3 is 15.5 Å². The molecule has 0 bridgehead atoms. The van der Waals surface area contributed by atoms with Gasteiger partial charge in [-0.15, -0.1) is 0 Å². The van der Waals surface area contributed by atoms with Gasteiger partial charge in [0.2, 0.25) is 0 Å². The Hall–Kier alpha value is -3.79. The molecule has 1 fully saturated rings. The summed E-state index contributed by atoms with van der Waals surface area (Å²) >= 11 is 0. The van der Waals surface area contributed by atoms with Crippen LogP contribution in [0.15, 0.2) is 48.5 Å². The third-order valence-corrected chi connectivity index (χ3v) is 5.50. The summed E-state index contributed by atoms with van der Waals surface area (Å²) in [5.74, 6) is -1.66. The number of amides is 3. The SMILES string of the molecule is CCc1ccc(NC(=O)C(=O)NCCN2CCN(C(=O)c3cccc([N+](=O)[O-])c3)CC2)cc1. The molecule has 3 amide bonds. The lowest BCUT2D eigenvalue weighted by Crippen LogP contribution is -2.50. The summed E-state index contributed by atoms with van der Waals surface area (Å²) in [4.78, 5) is 50.9. The van der Waals surface area contributed by atoms with Crippen LogP contribution in [0.2, 0.25) is 0 Å². The fourth-order valence-corrected chi connectivity index (χ4v) is 3.53. The molecule has 0 saturated carbocycles. The minimum absolute atomic E-state index is 0.114. The Kier molecular flexibility index (Phi) is 8.09. The van der Waals surface area contributed by atoms with Crippen molar-refractivity contribution in [2.75, 3.05) is 44.6 Å². The number of anilines is 1. The van der Waals surface area contributed by atoms with Gasteiger partial charge in [-0.2, -0.15) is 0 Å². The molecule has 1 saturated heterocycles. The van der Waals surface area contributed by atoms with Gasteiger partial charge in [0, 0.05) is 62.7 Å². The van der Waals surface area contributed by atoms with Crippen LogP contribution in [-0.2, 0) is 16.0 Å². The van der Waals surface area contributed by atoms with Crippen LogP contribution >= 0.6 is 0 Å². The summed E-state index contributed by atoms with van der Waals surface area (Å²) in [5, 5.41) is 16.1. The van der Waals surface area contributed by atoms with E-state index in [1.54, 1.807) is 23.1 Å². The third-order valence-electron chi connectivity index (χ3n) is 5.50. The lowest BCUT2D eigenvalue weighted by atomic mass is 10.1. The molecule has 33 heavy (non-hydrogen) atoms. The molecule has 1 aliphatic heterocycles. The van der Waals surface area contributed by atoms with Gasteiger partial charge in [0.05, 0.1) is 4.92 Å². The van der Waals surface area contributed by atoms with E-state index in [1.165, 1.54) is 18.2 Å². The normalized spacial score (nSPS) is 13.9. The number of rotatable bonds is 7. The average molecular weight is 453 g/mol. The summed E-state index contributed by atoms with van der Waals surface area (Å²) in [5.41, 5.74) is 1.89. The molecule has 1 aliphatic rings. The number of non-ortho nitro benzene ring substituents is 1. The second-order valence-electron chi connectivity index (χ2n) is 7.70. The Morgan fingerprint density at radius 2 is 1.70 bits per heavy atom. The van der Waals surface area contributed by atoms with Crippen molar-refractivity contribution < 1.29 is 19.3 Å². The zero-order valence-electron chi connectivity index (χ0n) is 18.5.